The van der Waals surface area contributed by atoms with Gasteiger partial charge in [0.05, 0.1) is 0 Å². The Labute approximate surface area is 151 Å². The molecule has 0 bridgehead atoms. The summed E-state index contributed by atoms with van der Waals surface area (Å²) in [4.78, 5) is 15.2. The quantitative estimate of drug-likeness (QED) is 0.525. The van der Waals surface area contributed by atoms with Crippen LogP contribution < -0.4 is 21.9 Å². The summed E-state index contributed by atoms with van der Waals surface area (Å²) in [7, 11) is -3.67. The molecule has 0 aromatic heterocycles. The van der Waals surface area contributed by atoms with Crippen LogP contribution >= 0.6 is 0 Å². The lowest BCUT2D eigenvalue weighted by Crippen LogP contribution is -2.24. The highest BCUT2D eigenvalue weighted by Crippen LogP contribution is 2.30. The summed E-state index contributed by atoms with van der Waals surface area (Å²) in [6, 6.07) is 10.8. The topological polar surface area (TPSA) is 151 Å². The van der Waals surface area contributed by atoms with E-state index in [2.05, 4.69) is 4.99 Å². The van der Waals surface area contributed by atoms with Crippen molar-refractivity contribution in [1.82, 2.24) is 0 Å². The summed E-state index contributed by atoms with van der Waals surface area (Å²) < 4.78 is 29.9. The average molecular weight is 376 g/mol. The van der Waals surface area contributed by atoms with Gasteiger partial charge in [0.1, 0.15) is 16.4 Å². The normalized spacial score (nSPS) is 12.3. The van der Waals surface area contributed by atoms with Gasteiger partial charge in [-0.1, -0.05) is 12.1 Å². The number of guanidine groups is 1. The second kappa shape index (κ2) is 7.54. The van der Waals surface area contributed by atoms with Crippen molar-refractivity contribution in [1.29, 1.82) is 0 Å². The fourth-order valence-electron chi connectivity index (χ4n) is 2.16. The molecule has 9 heteroatoms. The monoisotopic (exact) mass is 376 g/mol. The number of sulfone groups is 1. The molecule has 8 nitrogen and oxygen atoms in total. The molecule has 2 aromatic rings. The standard InChI is InChI=1S/C17H20N4O4S/c1-10(18)11-3-6-13(7-4-11)25-14-8-5-12(16(22)21-17(19)20)9-15(14)26(2,23)24/h3-10H,18H2,1-2H3,(H4,19,20,21,22). The molecule has 0 fully saturated rings. The molecular formula is C17H20N4O4S. The maximum absolute atomic E-state index is 12.1. The fraction of sp³-hybridized carbons (Fsp3) is 0.176. The number of ether oxygens (including phenoxy) is 1. The Bertz CT molecular complexity index is 947. The predicted molar refractivity (Wildman–Crippen MR) is 98.8 cm³/mol. The van der Waals surface area contributed by atoms with Gasteiger partial charge in [-0.05, 0) is 42.8 Å². The van der Waals surface area contributed by atoms with Crippen LogP contribution in [0.2, 0.25) is 0 Å². The third-order valence-electron chi connectivity index (χ3n) is 3.45. The van der Waals surface area contributed by atoms with Gasteiger partial charge in [0, 0.05) is 17.9 Å². The highest BCUT2D eigenvalue weighted by molar-refractivity contribution is 7.90. The summed E-state index contributed by atoms with van der Waals surface area (Å²) in [5.41, 5.74) is 17.1. The van der Waals surface area contributed by atoms with Crippen molar-refractivity contribution in [2.75, 3.05) is 6.26 Å². The van der Waals surface area contributed by atoms with Crippen molar-refractivity contribution in [2.45, 2.75) is 17.9 Å². The van der Waals surface area contributed by atoms with Gasteiger partial charge >= 0.3 is 0 Å². The van der Waals surface area contributed by atoms with E-state index in [1.54, 1.807) is 24.3 Å². The van der Waals surface area contributed by atoms with Crippen LogP contribution in [0.3, 0.4) is 0 Å². The van der Waals surface area contributed by atoms with E-state index in [0.717, 1.165) is 11.8 Å². The molecule has 0 spiro atoms. The van der Waals surface area contributed by atoms with Gasteiger partial charge < -0.3 is 21.9 Å². The number of benzene rings is 2. The summed E-state index contributed by atoms with van der Waals surface area (Å²) in [5, 5.41) is 0. The lowest BCUT2D eigenvalue weighted by molar-refractivity contribution is 0.100. The molecule has 1 unspecified atom stereocenters. The van der Waals surface area contributed by atoms with Gasteiger partial charge in [-0.25, -0.2) is 8.42 Å². The molecule has 2 aromatic carbocycles. The van der Waals surface area contributed by atoms with E-state index in [9.17, 15) is 13.2 Å². The highest BCUT2D eigenvalue weighted by Gasteiger charge is 2.18. The Kier molecular flexibility index (Phi) is 5.63. The molecule has 6 N–H and O–H groups in total. The molecule has 0 heterocycles. The van der Waals surface area contributed by atoms with Crippen LogP contribution in [0.4, 0.5) is 0 Å². The van der Waals surface area contributed by atoms with Crippen molar-refractivity contribution in [2.24, 2.45) is 22.2 Å². The smallest absolute Gasteiger partial charge is 0.280 e. The largest absolute Gasteiger partial charge is 0.456 e. The zero-order valence-electron chi connectivity index (χ0n) is 14.3. The van der Waals surface area contributed by atoms with Crippen molar-refractivity contribution in [3.8, 4) is 11.5 Å². The van der Waals surface area contributed by atoms with E-state index in [1.165, 1.54) is 18.2 Å². The summed E-state index contributed by atoms with van der Waals surface area (Å²) >= 11 is 0. The Morgan fingerprint density at radius 1 is 1.12 bits per heavy atom. The average Bonchev–Trinajstić information content (AvgIpc) is 2.54. The van der Waals surface area contributed by atoms with Gasteiger partial charge in [0.15, 0.2) is 15.8 Å². The Hall–Kier alpha value is -2.91. The van der Waals surface area contributed by atoms with Crippen molar-refractivity contribution < 1.29 is 17.9 Å². The predicted octanol–water partition coefficient (Wildman–Crippen LogP) is 1.32. The first kappa shape index (κ1) is 19.4. The molecule has 0 aliphatic carbocycles. The maximum atomic E-state index is 12.1. The van der Waals surface area contributed by atoms with E-state index in [-0.39, 0.29) is 22.3 Å². The van der Waals surface area contributed by atoms with Crippen molar-refractivity contribution >= 4 is 21.7 Å². The minimum Gasteiger partial charge on any atom is -0.456 e. The molecule has 0 radical (unpaired) electrons. The lowest BCUT2D eigenvalue weighted by atomic mass is 10.1. The molecule has 26 heavy (non-hydrogen) atoms. The maximum Gasteiger partial charge on any atom is 0.280 e. The first-order chi connectivity index (χ1) is 12.1. The van der Waals surface area contributed by atoms with E-state index in [0.29, 0.717) is 5.75 Å². The van der Waals surface area contributed by atoms with Crippen molar-refractivity contribution in [3.63, 3.8) is 0 Å². The molecule has 2 rings (SSSR count). The number of nitrogens with zero attached hydrogens (tertiary/aromatic N) is 1. The van der Waals surface area contributed by atoms with Gasteiger partial charge in [-0.2, -0.15) is 4.99 Å². The fourth-order valence-corrected chi connectivity index (χ4v) is 2.98. The Morgan fingerprint density at radius 3 is 2.23 bits per heavy atom. The Morgan fingerprint density at radius 2 is 1.73 bits per heavy atom. The number of carbonyl (C=O) groups is 1. The van der Waals surface area contributed by atoms with Gasteiger partial charge in [-0.3, -0.25) is 4.79 Å². The minimum atomic E-state index is -3.67. The van der Waals surface area contributed by atoms with E-state index < -0.39 is 21.7 Å². The van der Waals surface area contributed by atoms with Gasteiger partial charge in [0.2, 0.25) is 0 Å². The second-order valence-electron chi connectivity index (χ2n) is 5.74. The molecule has 0 saturated heterocycles. The number of aliphatic imine (C=N–C) groups is 1. The molecular weight excluding hydrogens is 356 g/mol. The Balaban J connectivity index is 2.42. The van der Waals surface area contributed by atoms with Crippen LogP contribution in [0.5, 0.6) is 11.5 Å². The van der Waals surface area contributed by atoms with Crippen LogP contribution in [-0.4, -0.2) is 26.5 Å². The summed E-state index contributed by atoms with van der Waals surface area (Å²) in [6.07, 6.45) is 1.02. The number of nitrogens with two attached hydrogens (primary N) is 3. The molecule has 1 atom stereocenters. The number of hydrogen-bond donors (Lipinski definition) is 3. The van der Waals surface area contributed by atoms with E-state index in [1.807, 2.05) is 6.92 Å². The second-order valence-corrected chi connectivity index (χ2v) is 7.72. The van der Waals surface area contributed by atoms with E-state index >= 15 is 0 Å². The number of carbonyl (C=O) groups excluding carboxylic acids is 1. The number of amides is 1. The lowest BCUT2D eigenvalue weighted by Gasteiger charge is -2.12. The van der Waals surface area contributed by atoms with Crippen LogP contribution in [0.1, 0.15) is 28.9 Å². The summed E-state index contributed by atoms with van der Waals surface area (Å²) in [6.45, 7) is 1.85. The van der Waals surface area contributed by atoms with Crippen LogP contribution in [0.15, 0.2) is 52.4 Å². The number of hydrogen-bond acceptors (Lipinski definition) is 5. The summed E-state index contributed by atoms with van der Waals surface area (Å²) in [5.74, 6) is -0.641. The molecule has 0 saturated carbocycles. The molecule has 138 valence electrons. The molecule has 0 aliphatic heterocycles. The molecule has 1 amide bonds. The first-order valence-electron chi connectivity index (χ1n) is 7.59. The van der Waals surface area contributed by atoms with Crippen LogP contribution in [0, 0.1) is 0 Å². The highest BCUT2D eigenvalue weighted by atomic mass is 32.2. The third-order valence-corrected chi connectivity index (χ3v) is 4.57. The third kappa shape index (κ3) is 4.80. The zero-order valence-corrected chi connectivity index (χ0v) is 15.2. The van der Waals surface area contributed by atoms with Crippen LogP contribution in [0.25, 0.3) is 0 Å². The SMILES string of the molecule is CC(N)c1ccc(Oc2ccc(C(=O)N=C(N)N)cc2S(C)(=O)=O)cc1. The first-order valence-corrected chi connectivity index (χ1v) is 9.48. The van der Waals surface area contributed by atoms with Crippen LogP contribution in [-0.2, 0) is 9.84 Å². The molecule has 0 aliphatic rings. The van der Waals surface area contributed by atoms with Gasteiger partial charge in [-0.15, -0.1) is 0 Å². The number of rotatable bonds is 5. The van der Waals surface area contributed by atoms with Gasteiger partial charge in [0.25, 0.3) is 5.91 Å². The van der Waals surface area contributed by atoms with Crippen molar-refractivity contribution in [3.05, 3.63) is 53.6 Å². The zero-order chi connectivity index (χ0) is 19.5. The minimum absolute atomic E-state index is 0.0264. The van der Waals surface area contributed by atoms with E-state index in [4.69, 9.17) is 21.9 Å².